The van der Waals surface area contributed by atoms with E-state index in [1.165, 1.54) is 12.4 Å². The van der Waals surface area contributed by atoms with Gasteiger partial charge in [-0.2, -0.15) is 11.8 Å². The topological polar surface area (TPSA) is 101 Å². The van der Waals surface area contributed by atoms with Gasteiger partial charge in [0, 0.05) is 37.7 Å². The van der Waals surface area contributed by atoms with E-state index in [9.17, 15) is 8.42 Å². The van der Waals surface area contributed by atoms with Crippen LogP contribution in [0.4, 0.5) is 5.95 Å². The largest absolute Gasteiger partial charge is 0.368 e. The minimum absolute atomic E-state index is 0.0379. The average Bonchev–Trinajstić information content (AvgIpc) is 2.40. The van der Waals surface area contributed by atoms with Crippen molar-refractivity contribution in [1.82, 2.24) is 19.6 Å². The van der Waals surface area contributed by atoms with Crippen molar-refractivity contribution < 1.29 is 8.42 Å². The van der Waals surface area contributed by atoms with E-state index in [-0.39, 0.29) is 10.8 Å². The lowest BCUT2D eigenvalue weighted by molar-refractivity contribution is 0.307. The highest BCUT2D eigenvalue weighted by Crippen LogP contribution is 2.09. The molecule has 0 spiro atoms. The van der Waals surface area contributed by atoms with Gasteiger partial charge in [-0.05, 0) is 0 Å². The molecule has 2 rings (SSSR count). The molecule has 0 aliphatic carbocycles. The zero-order valence-electron chi connectivity index (χ0n) is 10.4. The van der Waals surface area contributed by atoms with Gasteiger partial charge in [0.15, 0.2) is 0 Å². The predicted molar refractivity (Wildman–Crippen MR) is 75.4 cm³/mol. The van der Waals surface area contributed by atoms with Gasteiger partial charge in [0.2, 0.25) is 16.0 Å². The van der Waals surface area contributed by atoms with Gasteiger partial charge in [-0.1, -0.05) is 0 Å². The fourth-order valence-electron chi connectivity index (χ4n) is 1.71. The summed E-state index contributed by atoms with van der Waals surface area (Å²) < 4.78 is 26.4. The third kappa shape index (κ3) is 4.30. The van der Waals surface area contributed by atoms with Crippen LogP contribution in [0.1, 0.15) is 0 Å². The Balaban J connectivity index is 1.85. The highest BCUT2D eigenvalue weighted by Gasteiger charge is 2.16. The zero-order valence-corrected chi connectivity index (χ0v) is 12.1. The van der Waals surface area contributed by atoms with E-state index in [4.69, 9.17) is 5.73 Å². The first-order valence-corrected chi connectivity index (χ1v) is 8.59. The maximum Gasteiger partial charge on any atom is 0.243 e. The highest BCUT2D eigenvalue weighted by molar-refractivity contribution is 7.99. The first-order valence-electron chi connectivity index (χ1n) is 5.95. The van der Waals surface area contributed by atoms with Gasteiger partial charge in [0.05, 0.1) is 12.4 Å². The van der Waals surface area contributed by atoms with Crippen LogP contribution in [0.5, 0.6) is 0 Å². The summed E-state index contributed by atoms with van der Waals surface area (Å²) in [6.07, 6.45) is 2.42. The van der Waals surface area contributed by atoms with Gasteiger partial charge < -0.3 is 10.6 Å². The Bertz CT molecular complexity index is 499. The third-order valence-corrected chi connectivity index (χ3v) is 5.14. The second kappa shape index (κ2) is 6.51. The zero-order chi connectivity index (χ0) is 13.7. The fourth-order valence-corrected chi connectivity index (χ4v) is 3.60. The lowest BCUT2D eigenvalue weighted by atomic mass is 10.5. The fraction of sp³-hybridized carbons (Fsp3) is 0.600. The van der Waals surface area contributed by atoms with Crippen molar-refractivity contribution in [3.8, 4) is 0 Å². The van der Waals surface area contributed by atoms with E-state index in [1.54, 1.807) is 0 Å². The number of thioether (sulfide) groups is 1. The number of nitrogens with zero attached hydrogens (tertiary/aromatic N) is 3. The highest BCUT2D eigenvalue weighted by atomic mass is 32.2. The molecule has 7 nitrogen and oxygen atoms in total. The average molecular weight is 303 g/mol. The smallest absolute Gasteiger partial charge is 0.243 e. The van der Waals surface area contributed by atoms with Crippen LogP contribution in [0.15, 0.2) is 17.3 Å². The number of aromatic nitrogens is 2. The Morgan fingerprint density at radius 1 is 1.32 bits per heavy atom. The standard InChI is InChI=1S/C10H17N5O2S2/c11-10-12-7-9(8-13-10)19(16,17)14-1-2-15-3-5-18-6-4-15/h7-8,14H,1-6H2,(H2,11,12,13). The molecule has 1 aliphatic rings. The number of nitrogen functional groups attached to an aromatic ring is 1. The van der Waals surface area contributed by atoms with E-state index in [1.807, 2.05) is 11.8 Å². The van der Waals surface area contributed by atoms with Crippen molar-refractivity contribution in [2.75, 3.05) is 43.4 Å². The van der Waals surface area contributed by atoms with Crippen LogP contribution in [0.3, 0.4) is 0 Å². The molecule has 0 radical (unpaired) electrons. The van der Waals surface area contributed by atoms with Crippen LogP contribution < -0.4 is 10.5 Å². The first kappa shape index (κ1) is 14.5. The third-order valence-electron chi connectivity index (χ3n) is 2.78. The molecule has 0 saturated carbocycles. The number of nitrogens with two attached hydrogens (primary N) is 1. The molecule has 1 aliphatic heterocycles. The summed E-state index contributed by atoms with van der Waals surface area (Å²) in [6, 6.07) is 0. The van der Waals surface area contributed by atoms with E-state index in [0.717, 1.165) is 31.1 Å². The Labute approximate surface area is 117 Å². The Morgan fingerprint density at radius 2 is 1.95 bits per heavy atom. The molecule has 1 saturated heterocycles. The van der Waals surface area contributed by atoms with Crippen LogP contribution >= 0.6 is 11.8 Å². The molecule has 0 unspecified atom stereocenters. The Kier molecular flexibility index (Phi) is 4.97. The van der Waals surface area contributed by atoms with Gasteiger partial charge >= 0.3 is 0 Å². The van der Waals surface area contributed by atoms with Crippen LogP contribution in [-0.4, -0.2) is 61.0 Å². The molecular weight excluding hydrogens is 286 g/mol. The monoisotopic (exact) mass is 303 g/mol. The quantitative estimate of drug-likeness (QED) is 0.748. The summed E-state index contributed by atoms with van der Waals surface area (Å²) >= 11 is 1.93. The Hall–Kier alpha value is -0.900. The minimum Gasteiger partial charge on any atom is -0.368 e. The van der Waals surface area contributed by atoms with Crippen molar-refractivity contribution in [2.45, 2.75) is 4.90 Å². The van der Waals surface area contributed by atoms with E-state index in [2.05, 4.69) is 19.6 Å². The van der Waals surface area contributed by atoms with Crippen molar-refractivity contribution in [1.29, 1.82) is 0 Å². The summed E-state index contributed by atoms with van der Waals surface area (Å²) in [5.74, 6) is 2.28. The van der Waals surface area contributed by atoms with E-state index >= 15 is 0 Å². The molecule has 0 bridgehead atoms. The van der Waals surface area contributed by atoms with Crippen molar-refractivity contribution in [3.05, 3.63) is 12.4 Å². The van der Waals surface area contributed by atoms with Crippen LogP contribution in [-0.2, 0) is 10.0 Å². The molecule has 3 N–H and O–H groups in total. The second-order valence-electron chi connectivity index (χ2n) is 4.13. The minimum atomic E-state index is -3.54. The number of anilines is 1. The van der Waals surface area contributed by atoms with Gasteiger partial charge in [-0.25, -0.2) is 23.1 Å². The van der Waals surface area contributed by atoms with Crippen LogP contribution in [0.2, 0.25) is 0 Å². The molecule has 2 heterocycles. The van der Waals surface area contributed by atoms with Crippen molar-refractivity contribution in [2.24, 2.45) is 0 Å². The molecule has 1 aromatic rings. The molecule has 1 fully saturated rings. The predicted octanol–water partition coefficient (Wildman–Crippen LogP) is -0.614. The molecule has 9 heteroatoms. The van der Waals surface area contributed by atoms with E-state index < -0.39 is 10.0 Å². The SMILES string of the molecule is Nc1ncc(S(=O)(=O)NCCN2CCSCC2)cn1. The van der Waals surface area contributed by atoms with Crippen molar-refractivity contribution in [3.63, 3.8) is 0 Å². The summed E-state index contributed by atoms with van der Waals surface area (Å²) in [7, 11) is -3.54. The van der Waals surface area contributed by atoms with Gasteiger partial charge in [0.25, 0.3) is 0 Å². The van der Waals surface area contributed by atoms with Gasteiger partial charge in [-0.3, -0.25) is 0 Å². The number of nitrogens with one attached hydrogen (secondary N) is 1. The molecule has 106 valence electrons. The number of hydrogen-bond acceptors (Lipinski definition) is 7. The molecule has 1 aromatic heterocycles. The van der Waals surface area contributed by atoms with Crippen LogP contribution in [0, 0.1) is 0 Å². The van der Waals surface area contributed by atoms with Gasteiger partial charge in [0.1, 0.15) is 4.90 Å². The molecule has 0 amide bonds. The van der Waals surface area contributed by atoms with E-state index in [0.29, 0.717) is 6.54 Å². The molecule has 19 heavy (non-hydrogen) atoms. The lowest BCUT2D eigenvalue weighted by Crippen LogP contribution is -2.39. The second-order valence-corrected chi connectivity index (χ2v) is 7.12. The van der Waals surface area contributed by atoms with Crippen molar-refractivity contribution >= 4 is 27.7 Å². The van der Waals surface area contributed by atoms with Crippen LogP contribution in [0.25, 0.3) is 0 Å². The molecule has 0 aromatic carbocycles. The lowest BCUT2D eigenvalue weighted by Gasteiger charge is -2.25. The summed E-state index contributed by atoms with van der Waals surface area (Å²) in [6.45, 7) is 3.13. The maximum atomic E-state index is 11.9. The maximum absolute atomic E-state index is 11.9. The molecule has 0 atom stereocenters. The summed E-state index contributed by atoms with van der Waals surface area (Å²) in [5.41, 5.74) is 5.32. The number of rotatable bonds is 5. The first-order chi connectivity index (χ1) is 9.08. The molecular formula is C10H17N5O2S2. The summed E-state index contributed by atoms with van der Waals surface area (Å²) in [4.78, 5) is 9.64. The summed E-state index contributed by atoms with van der Waals surface area (Å²) in [5, 5.41) is 0. The Morgan fingerprint density at radius 3 is 2.58 bits per heavy atom. The van der Waals surface area contributed by atoms with Gasteiger partial charge in [-0.15, -0.1) is 0 Å². The number of hydrogen-bond donors (Lipinski definition) is 2. The number of sulfonamides is 1. The normalized spacial score (nSPS) is 17.5.